The van der Waals surface area contributed by atoms with Crippen molar-refractivity contribution >= 4 is 0 Å². The molecule has 2 N–H and O–H groups in total. The van der Waals surface area contributed by atoms with Gasteiger partial charge in [-0.1, -0.05) is 33.1 Å². The Balaban J connectivity index is 2.73. The zero-order valence-corrected chi connectivity index (χ0v) is 14.4. The second-order valence-corrected chi connectivity index (χ2v) is 6.97. The van der Waals surface area contributed by atoms with Crippen molar-refractivity contribution < 1.29 is 0 Å². The highest BCUT2D eigenvalue weighted by molar-refractivity contribution is 4.89. The first-order valence-electron chi connectivity index (χ1n) is 8.63. The first-order chi connectivity index (χ1) is 9.53. The molecule has 1 saturated carbocycles. The molecule has 4 atom stereocenters. The summed E-state index contributed by atoms with van der Waals surface area (Å²) in [6, 6.07) is 1.32. The third-order valence-corrected chi connectivity index (χ3v) is 5.05. The molecule has 0 aromatic heterocycles. The maximum absolute atomic E-state index is 6.07. The average Bonchev–Trinajstić information content (AvgIpc) is 2.39. The normalized spacial score (nSPS) is 29.1. The molecular weight excluding hydrogens is 246 g/mol. The van der Waals surface area contributed by atoms with Crippen LogP contribution in [0.1, 0.15) is 52.9 Å². The summed E-state index contributed by atoms with van der Waals surface area (Å²) in [6.45, 7) is 10.1. The molecule has 3 heteroatoms. The van der Waals surface area contributed by atoms with Crippen LogP contribution in [0, 0.1) is 11.8 Å². The van der Waals surface area contributed by atoms with Crippen LogP contribution in [0.3, 0.4) is 0 Å². The Morgan fingerprint density at radius 1 is 1.20 bits per heavy atom. The van der Waals surface area contributed by atoms with E-state index in [0.717, 1.165) is 25.6 Å². The van der Waals surface area contributed by atoms with E-state index in [1.54, 1.807) is 0 Å². The quantitative estimate of drug-likeness (QED) is 0.743. The lowest BCUT2D eigenvalue weighted by molar-refractivity contribution is 0.0456. The third-order valence-electron chi connectivity index (χ3n) is 5.05. The molecule has 3 nitrogen and oxygen atoms in total. The predicted octanol–water partition coefficient (Wildman–Crippen LogP) is 2.80. The minimum absolute atomic E-state index is 0.620. The van der Waals surface area contributed by atoms with E-state index in [2.05, 4.69) is 44.7 Å². The summed E-state index contributed by atoms with van der Waals surface area (Å²) in [5, 5.41) is 0. The number of nitrogens with two attached hydrogens (primary N) is 1. The molecule has 0 heterocycles. The second-order valence-electron chi connectivity index (χ2n) is 6.97. The summed E-state index contributed by atoms with van der Waals surface area (Å²) in [7, 11) is 4.34. The molecule has 1 aliphatic rings. The lowest BCUT2D eigenvalue weighted by atomic mass is 9.75. The van der Waals surface area contributed by atoms with Crippen molar-refractivity contribution in [2.75, 3.05) is 33.7 Å². The molecule has 0 aliphatic heterocycles. The van der Waals surface area contributed by atoms with Gasteiger partial charge in [0.15, 0.2) is 0 Å². The Kier molecular flexibility index (Phi) is 8.08. The zero-order valence-electron chi connectivity index (χ0n) is 14.4. The summed E-state index contributed by atoms with van der Waals surface area (Å²) >= 11 is 0. The number of likely N-dealkylation sites (N-methyl/N-ethyl adjacent to an activating group) is 2. The van der Waals surface area contributed by atoms with Crippen LogP contribution in [0.5, 0.6) is 0 Å². The summed E-state index contributed by atoms with van der Waals surface area (Å²) in [6.07, 6.45) is 6.81. The van der Waals surface area contributed by atoms with Gasteiger partial charge in [0.1, 0.15) is 0 Å². The molecule has 0 bridgehead atoms. The molecule has 120 valence electrons. The maximum Gasteiger partial charge on any atom is 0.0197 e. The summed E-state index contributed by atoms with van der Waals surface area (Å²) in [5.74, 6) is 1.63. The van der Waals surface area contributed by atoms with E-state index in [9.17, 15) is 0 Å². The van der Waals surface area contributed by atoms with Gasteiger partial charge in [0, 0.05) is 18.6 Å². The molecule has 0 radical (unpaired) electrons. The second kappa shape index (κ2) is 9.01. The van der Waals surface area contributed by atoms with Crippen molar-refractivity contribution in [2.24, 2.45) is 17.6 Å². The SMILES string of the molecule is CCCC1CCC(CN)C(N(CC)C(C)CN(C)C)C1. The van der Waals surface area contributed by atoms with E-state index in [1.165, 1.54) is 32.1 Å². The molecule has 20 heavy (non-hydrogen) atoms. The van der Waals surface area contributed by atoms with Crippen LogP contribution in [0.25, 0.3) is 0 Å². The number of hydrogen-bond acceptors (Lipinski definition) is 3. The Morgan fingerprint density at radius 3 is 2.40 bits per heavy atom. The fourth-order valence-electron chi connectivity index (χ4n) is 4.15. The lowest BCUT2D eigenvalue weighted by Gasteiger charge is -2.45. The van der Waals surface area contributed by atoms with Crippen molar-refractivity contribution in [1.29, 1.82) is 0 Å². The van der Waals surface area contributed by atoms with Crippen LogP contribution in [0.15, 0.2) is 0 Å². The minimum atomic E-state index is 0.620. The van der Waals surface area contributed by atoms with Gasteiger partial charge in [-0.2, -0.15) is 0 Å². The molecule has 1 aliphatic carbocycles. The zero-order chi connectivity index (χ0) is 15.1. The van der Waals surface area contributed by atoms with E-state index in [-0.39, 0.29) is 0 Å². The average molecular weight is 284 g/mol. The van der Waals surface area contributed by atoms with E-state index < -0.39 is 0 Å². The van der Waals surface area contributed by atoms with Crippen LogP contribution in [-0.2, 0) is 0 Å². The highest BCUT2D eigenvalue weighted by Gasteiger charge is 2.34. The molecule has 1 rings (SSSR count). The highest BCUT2D eigenvalue weighted by atomic mass is 15.2. The van der Waals surface area contributed by atoms with Crippen molar-refractivity contribution in [1.82, 2.24) is 9.80 Å². The van der Waals surface area contributed by atoms with Gasteiger partial charge in [-0.3, -0.25) is 4.90 Å². The molecule has 0 amide bonds. The van der Waals surface area contributed by atoms with Gasteiger partial charge in [0.05, 0.1) is 0 Å². The van der Waals surface area contributed by atoms with E-state index in [0.29, 0.717) is 18.0 Å². The number of nitrogens with zero attached hydrogens (tertiary/aromatic N) is 2. The van der Waals surface area contributed by atoms with E-state index >= 15 is 0 Å². The summed E-state index contributed by atoms with van der Waals surface area (Å²) < 4.78 is 0. The first kappa shape index (κ1) is 17.9. The van der Waals surface area contributed by atoms with E-state index in [1.807, 2.05) is 0 Å². The summed E-state index contributed by atoms with van der Waals surface area (Å²) in [5.41, 5.74) is 6.07. The maximum atomic E-state index is 6.07. The van der Waals surface area contributed by atoms with Crippen LogP contribution in [0.2, 0.25) is 0 Å². The monoisotopic (exact) mass is 283 g/mol. The van der Waals surface area contributed by atoms with Crippen LogP contribution in [-0.4, -0.2) is 55.6 Å². The fourth-order valence-corrected chi connectivity index (χ4v) is 4.15. The van der Waals surface area contributed by atoms with Crippen molar-refractivity contribution in [2.45, 2.75) is 65.0 Å². The number of rotatable bonds is 8. The van der Waals surface area contributed by atoms with Gasteiger partial charge < -0.3 is 10.6 Å². The largest absolute Gasteiger partial charge is 0.330 e. The summed E-state index contributed by atoms with van der Waals surface area (Å²) in [4.78, 5) is 5.02. The standard InChI is InChI=1S/C17H37N3/c1-6-8-15-9-10-16(12-18)17(11-15)20(7-2)14(3)13-19(4)5/h14-17H,6-13,18H2,1-5H3. The molecule has 0 aromatic carbocycles. The van der Waals surface area contributed by atoms with Gasteiger partial charge in [-0.25, -0.2) is 0 Å². The van der Waals surface area contributed by atoms with Gasteiger partial charge in [0.2, 0.25) is 0 Å². The van der Waals surface area contributed by atoms with Gasteiger partial charge >= 0.3 is 0 Å². The van der Waals surface area contributed by atoms with Gasteiger partial charge in [0.25, 0.3) is 0 Å². The molecule has 1 fully saturated rings. The molecule has 0 spiro atoms. The van der Waals surface area contributed by atoms with Gasteiger partial charge in [-0.15, -0.1) is 0 Å². The molecule has 0 saturated heterocycles. The topological polar surface area (TPSA) is 32.5 Å². The van der Waals surface area contributed by atoms with Crippen molar-refractivity contribution in [3.05, 3.63) is 0 Å². The Morgan fingerprint density at radius 2 is 1.90 bits per heavy atom. The Labute approximate surface area is 126 Å². The van der Waals surface area contributed by atoms with Crippen molar-refractivity contribution in [3.63, 3.8) is 0 Å². The predicted molar refractivity (Wildman–Crippen MR) is 89.0 cm³/mol. The van der Waals surface area contributed by atoms with Crippen LogP contribution < -0.4 is 5.73 Å². The highest BCUT2D eigenvalue weighted by Crippen LogP contribution is 2.35. The van der Waals surface area contributed by atoms with Crippen molar-refractivity contribution in [3.8, 4) is 0 Å². The Hall–Kier alpha value is -0.120. The first-order valence-corrected chi connectivity index (χ1v) is 8.63. The number of hydrogen-bond donors (Lipinski definition) is 1. The van der Waals surface area contributed by atoms with Gasteiger partial charge in [-0.05, 0) is 58.8 Å². The third kappa shape index (κ3) is 5.01. The lowest BCUT2D eigenvalue weighted by Crippen LogP contribution is -2.52. The van der Waals surface area contributed by atoms with Crippen LogP contribution >= 0.6 is 0 Å². The minimum Gasteiger partial charge on any atom is -0.330 e. The van der Waals surface area contributed by atoms with E-state index in [4.69, 9.17) is 5.73 Å². The van der Waals surface area contributed by atoms with Crippen LogP contribution in [0.4, 0.5) is 0 Å². The molecule has 4 unspecified atom stereocenters. The fraction of sp³-hybridized carbons (Fsp3) is 1.00. The Bertz CT molecular complexity index is 255. The molecular formula is C17H37N3. The molecule has 0 aromatic rings. The smallest absolute Gasteiger partial charge is 0.0197 e.